The Morgan fingerprint density at radius 3 is 1.82 bits per heavy atom. The molecule has 0 fully saturated rings. The Labute approximate surface area is 87.3 Å². The van der Waals surface area contributed by atoms with E-state index >= 15 is 0 Å². The lowest BCUT2D eigenvalue weighted by Crippen LogP contribution is -1.99. The first kappa shape index (κ1) is 8.27. The van der Waals surface area contributed by atoms with Gasteiger partial charge in [-0.2, -0.15) is 0 Å². The van der Waals surface area contributed by atoms with Gasteiger partial charge in [-0.3, -0.25) is 0 Å². The van der Waals surface area contributed by atoms with E-state index in [0.717, 1.165) is 0 Å². The number of hydrogen-bond donors (Lipinski definition) is 0. The zero-order valence-corrected chi connectivity index (χ0v) is 9.98. The van der Waals surface area contributed by atoms with E-state index in [4.69, 9.17) is 0 Å². The van der Waals surface area contributed by atoms with Crippen LogP contribution in [0.3, 0.4) is 0 Å². The molecule has 0 unspecified atom stereocenters. The first-order valence-corrected chi connectivity index (χ1v) is 6.15. The van der Waals surface area contributed by atoms with Crippen molar-refractivity contribution in [3.05, 3.63) is 18.7 Å². The Hall–Kier alpha value is 0.660. The van der Waals surface area contributed by atoms with Crippen LogP contribution in [0, 0.1) is 0 Å². The van der Waals surface area contributed by atoms with E-state index in [9.17, 15) is 0 Å². The third kappa shape index (κ3) is 1.43. The molecule has 1 aromatic heterocycles. The Kier molecular flexibility index (Phi) is 2.40. The van der Waals surface area contributed by atoms with E-state index in [1.54, 1.807) is 11.1 Å². The lowest BCUT2D eigenvalue weighted by molar-refractivity contribution is 0.686. The zero-order chi connectivity index (χ0) is 7.84. The normalized spacial score (nSPS) is 16.5. The van der Waals surface area contributed by atoms with E-state index in [1.165, 1.54) is 33.3 Å². The summed E-state index contributed by atoms with van der Waals surface area (Å²) in [5, 5.41) is 0. The van der Waals surface area contributed by atoms with Crippen LogP contribution in [0.15, 0.2) is 7.57 Å². The van der Waals surface area contributed by atoms with Crippen molar-refractivity contribution in [3.63, 3.8) is 0 Å². The molecule has 11 heavy (non-hydrogen) atoms. The van der Waals surface area contributed by atoms with E-state index in [1.807, 2.05) is 11.3 Å². The summed E-state index contributed by atoms with van der Waals surface area (Å²) in [6.07, 6.45) is 5.24. The maximum atomic E-state index is 3.59. The van der Waals surface area contributed by atoms with E-state index < -0.39 is 0 Å². The van der Waals surface area contributed by atoms with Crippen LogP contribution in [-0.2, 0) is 12.8 Å². The average molecular weight is 296 g/mol. The van der Waals surface area contributed by atoms with Crippen LogP contribution in [-0.4, -0.2) is 0 Å². The molecule has 0 atom stereocenters. The summed E-state index contributed by atoms with van der Waals surface area (Å²) in [6.45, 7) is 0. The molecule has 1 aliphatic carbocycles. The second-order valence-corrected chi connectivity index (χ2v) is 6.47. The zero-order valence-electron chi connectivity index (χ0n) is 5.99. The molecule has 2 rings (SSSR count). The van der Waals surface area contributed by atoms with Crippen molar-refractivity contribution >= 4 is 43.2 Å². The van der Waals surface area contributed by atoms with Crippen LogP contribution in [0.1, 0.15) is 24.0 Å². The second-order valence-electron chi connectivity index (χ2n) is 2.81. The van der Waals surface area contributed by atoms with Crippen molar-refractivity contribution < 1.29 is 0 Å². The monoisotopic (exact) mass is 294 g/mol. The maximum absolute atomic E-state index is 3.59. The molecule has 0 radical (unpaired) electrons. The highest BCUT2D eigenvalue weighted by atomic mass is 79.9. The molecule has 0 N–H and O–H groups in total. The molecule has 0 aromatic carbocycles. The van der Waals surface area contributed by atoms with E-state index in [0.29, 0.717) is 0 Å². The third-order valence-corrected chi connectivity index (χ3v) is 4.90. The average Bonchev–Trinajstić information content (AvgIpc) is 2.30. The summed E-state index contributed by atoms with van der Waals surface area (Å²) in [7, 11) is 0. The third-order valence-electron chi connectivity index (χ3n) is 2.12. The van der Waals surface area contributed by atoms with Crippen LogP contribution < -0.4 is 0 Å². The van der Waals surface area contributed by atoms with E-state index in [2.05, 4.69) is 31.9 Å². The topological polar surface area (TPSA) is 0 Å². The van der Waals surface area contributed by atoms with Gasteiger partial charge in [0.15, 0.2) is 0 Å². The molecule has 0 nitrogen and oxygen atoms in total. The van der Waals surface area contributed by atoms with Gasteiger partial charge in [-0.05, 0) is 68.7 Å². The summed E-state index contributed by atoms with van der Waals surface area (Å²) in [4.78, 5) is 0. The van der Waals surface area contributed by atoms with Gasteiger partial charge in [0.05, 0.1) is 7.57 Å². The number of fused-ring (bicyclic) bond motifs is 1. The number of rotatable bonds is 0. The maximum Gasteiger partial charge on any atom is 0.0745 e. The van der Waals surface area contributed by atoms with Gasteiger partial charge in [0.1, 0.15) is 0 Å². The van der Waals surface area contributed by atoms with Gasteiger partial charge in [-0.25, -0.2) is 0 Å². The van der Waals surface area contributed by atoms with Crippen molar-refractivity contribution in [1.29, 1.82) is 0 Å². The molecule has 60 valence electrons. The highest BCUT2D eigenvalue weighted by molar-refractivity contribution is 9.12. The molecule has 0 bridgehead atoms. The van der Waals surface area contributed by atoms with Crippen LogP contribution >= 0.6 is 43.2 Å². The van der Waals surface area contributed by atoms with Gasteiger partial charge in [-0.15, -0.1) is 11.3 Å². The standard InChI is InChI=1S/C8H8Br2S/c9-7-5-3-1-2-4-6(5)8(10)11-7/h1-4H2. The number of hydrogen-bond acceptors (Lipinski definition) is 1. The van der Waals surface area contributed by atoms with Gasteiger partial charge >= 0.3 is 0 Å². The first-order valence-electron chi connectivity index (χ1n) is 3.74. The quantitative estimate of drug-likeness (QED) is 0.674. The van der Waals surface area contributed by atoms with Gasteiger partial charge in [0.25, 0.3) is 0 Å². The summed E-state index contributed by atoms with van der Waals surface area (Å²) < 4.78 is 2.66. The highest BCUT2D eigenvalue weighted by Gasteiger charge is 2.17. The summed E-state index contributed by atoms with van der Waals surface area (Å²) in [5.41, 5.74) is 3.10. The smallest absolute Gasteiger partial charge is 0.0745 e. The number of halogens is 2. The van der Waals surface area contributed by atoms with Gasteiger partial charge < -0.3 is 0 Å². The molecule has 1 aliphatic rings. The highest BCUT2D eigenvalue weighted by Crippen LogP contribution is 2.40. The van der Waals surface area contributed by atoms with Crippen LogP contribution in [0.4, 0.5) is 0 Å². The van der Waals surface area contributed by atoms with Crippen molar-refractivity contribution in [2.75, 3.05) is 0 Å². The van der Waals surface area contributed by atoms with Crippen LogP contribution in [0.5, 0.6) is 0 Å². The Morgan fingerprint density at radius 1 is 0.909 bits per heavy atom. The Balaban J connectivity index is 2.52. The van der Waals surface area contributed by atoms with Gasteiger partial charge in [0.2, 0.25) is 0 Å². The lowest BCUT2D eigenvalue weighted by atomic mass is 9.96. The molecular weight excluding hydrogens is 288 g/mol. The molecule has 3 heteroatoms. The predicted molar refractivity (Wildman–Crippen MR) is 56.4 cm³/mol. The molecular formula is C8H8Br2S. The van der Waals surface area contributed by atoms with E-state index in [-0.39, 0.29) is 0 Å². The Morgan fingerprint density at radius 2 is 1.36 bits per heavy atom. The summed E-state index contributed by atoms with van der Waals surface area (Å²) in [5.74, 6) is 0. The van der Waals surface area contributed by atoms with Crippen molar-refractivity contribution in [3.8, 4) is 0 Å². The van der Waals surface area contributed by atoms with Gasteiger partial charge in [-0.1, -0.05) is 0 Å². The molecule has 0 amide bonds. The molecule has 0 saturated heterocycles. The molecule has 0 spiro atoms. The fraction of sp³-hybridized carbons (Fsp3) is 0.500. The fourth-order valence-electron chi connectivity index (χ4n) is 1.54. The summed E-state index contributed by atoms with van der Waals surface area (Å²) in [6, 6.07) is 0. The largest absolute Gasteiger partial charge is 0.121 e. The minimum Gasteiger partial charge on any atom is -0.121 e. The van der Waals surface area contributed by atoms with Crippen molar-refractivity contribution in [1.82, 2.24) is 0 Å². The summed E-state index contributed by atoms with van der Waals surface area (Å²) >= 11 is 9.00. The molecule has 1 aromatic rings. The molecule has 0 saturated carbocycles. The molecule has 0 aliphatic heterocycles. The minimum atomic E-state index is 1.26. The van der Waals surface area contributed by atoms with Crippen LogP contribution in [0.2, 0.25) is 0 Å². The predicted octanol–water partition coefficient (Wildman–Crippen LogP) is 4.15. The van der Waals surface area contributed by atoms with Crippen LogP contribution in [0.25, 0.3) is 0 Å². The fourth-order valence-corrected chi connectivity index (χ4v) is 4.89. The SMILES string of the molecule is Brc1sc(Br)c2c1CCCC2. The lowest BCUT2D eigenvalue weighted by Gasteiger charge is -2.11. The number of thiophene rings is 1. The van der Waals surface area contributed by atoms with Crippen molar-refractivity contribution in [2.45, 2.75) is 25.7 Å². The second kappa shape index (κ2) is 3.19. The molecule has 1 heterocycles. The van der Waals surface area contributed by atoms with Gasteiger partial charge in [0, 0.05) is 0 Å². The Bertz CT molecular complexity index is 251. The minimum absolute atomic E-state index is 1.26. The van der Waals surface area contributed by atoms with Crippen molar-refractivity contribution in [2.24, 2.45) is 0 Å². The first-order chi connectivity index (χ1) is 5.29.